The summed E-state index contributed by atoms with van der Waals surface area (Å²) in [5.74, 6) is 0.944. The number of nitrogens with two attached hydrogens (primary N) is 1. The van der Waals surface area contributed by atoms with Crippen molar-refractivity contribution in [3.8, 4) is 5.75 Å². The molecule has 0 atom stereocenters. The fourth-order valence-electron chi connectivity index (χ4n) is 2.00. The van der Waals surface area contributed by atoms with Gasteiger partial charge in [0.05, 0.1) is 0 Å². The normalized spacial score (nSPS) is 11.0. The minimum Gasteiger partial charge on any atom is -0.508 e. The molecule has 1 aromatic carbocycles. The smallest absolute Gasteiger partial charge is 0.156 e. The third-order valence-corrected chi connectivity index (χ3v) is 3.01. The summed E-state index contributed by atoms with van der Waals surface area (Å²) < 4.78 is 1.72. The van der Waals surface area contributed by atoms with Gasteiger partial charge in [0.15, 0.2) is 11.5 Å². The Balaban J connectivity index is 1.95. The highest BCUT2D eigenvalue weighted by atomic mass is 16.3. The van der Waals surface area contributed by atoms with Crippen molar-refractivity contribution in [2.24, 2.45) is 5.73 Å². The number of phenols is 1. The first kappa shape index (κ1) is 11.7. The van der Waals surface area contributed by atoms with Crippen molar-refractivity contribution in [1.82, 2.24) is 14.6 Å². The van der Waals surface area contributed by atoms with Gasteiger partial charge in [-0.15, -0.1) is 0 Å². The second-order valence-electron chi connectivity index (χ2n) is 4.38. The summed E-state index contributed by atoms with van der Waals surface area (Å²) in [5.41, 5.74) is 8.20. The summed E-state index contributed by atoms with van der Waals surface area (Å²) in [4.78, 5) is 4.42. The number of hydrogen-bond acceptors (Lipinski definition) is 4. The Labute approximate surface area is 110 Å². The van der Waals surface area contributed by atoms with E-state index in [0.29, 0.717) is 18.8 Å². The Hall–Kier alpha value is -2.40. The molecule has 0 bridgehead atoms. The van der Waals surface area contributed by atoms with Crippen molar-refractivity contribution in [2.75, 3.05) is 0 Å². The van der Waals surface area contributed by atoms with Crippen molar-refractivity contribution < 1.29 is 5.11 Å². The molecule has 3 N–H and O–H groups in total. The van der Waals surface area contributed by atoms with Crippen molar-refractivity contribution in [3.63, 3.8) is 0 Å². The summed E-state index contributed by atoms with van der Waals surface area (Å²) in [5, 5.41) is 14.1. The third kappa shape index (κ3) is 2.28. The van der Waals surface area contributed by atoms with Crippen LogP contribution in [0, 0.1) is 0 Å². The number of para-hydroxylation sites is 1. The van der Waals surface area contributed by atoms with Crippen molar-refractivity contribution >= 4 is 5.65 Å². The molecule has 0 aliphatic rings. The summed E-state index contributed by atoms with van der Waals surface area (Å²) in [6.07, 6.45) is 2.38. The van der Waals surface area contributed by atoms with E-state index in [1.54, 1.807) is 16.6 Å². The first-order valence-corrected chi connectivity index (χ1v) is 6.07. The lowest BCUT2D eigenvalue weighted by Gasteiger charge is -1.99. The topological polar surface area (TPSA) is 76.4 Å². The molecule has 0 saturated heterocycles. The number of benzene rings is 1. The summed E-state index contributed by atoms with van der Waals surface area (Å²) in [7, 11) is 0. The lowest BCUT2D eigenvalue weighted by molar-refractivity contribution is 0.469. The molecule has 5 heteroatoms. The van der Waals surface area contributed by atoms with Crippen LogP contribution in [0.15, 0.2) is 42.6 Å². The molecule has 0 aliphatic carbocycles. The number of hydrogen-bond donors (Lipinski definition) is 2. The molecule has 0 amide bonds. The number of pyridine rings is 1. The van der Waals surface area contributed by atoms with Gasteiger partial charge in [-0.1, -0.05) is 24.3 Å². The zero-order valence-electron chi connectivity index (χ0n) is 10.3. The maximum atomic E-state index is 9.75. The maximum absolute atomic E-state index is 9.75. The molecular formula is C14H14N4O. The predicted octanol–water partition coefficient (Wildman–Crippen LogP) is 1.48. The van der Waals surface area contributed by atoms with Crippen LogP contribution in [0.2, 0.25) is 0 Å². The number of fused-ring (bicyclic) bond motifs is 1. The average molecular weight is 254 g/mol. The van der Waals surface area contributed by atoms with E-state index < -0.39 is 0 Å². The highest BCUT2D eigenvalue weighted by Crippen LogP contribution is 2.18. The fraction of sp³-hybridized carbons (Fsp3) is 0.143. The lowest BCUT2D eigenvalue weighted by Crippen LogP contribution is -1.99. The fourth-order valence-corrected chi connectivity index (χ4v) is 2.00. The zero-order valence-corrected chi connectivity index (χ0v) is 10.3. The van der Waals surface area contributed by atoms with E-state index in [0.717, 1.165) is 16.8 Å². The first-order chi connectivity index (χ1) is 9.26. The van der Waals surface area contributed by atoms with Gasteiger partial charge in [-0.25, -0.2) is 9.50 Å². The van der Waals surface area contributed by atoms with E-state index in [1.165, 1.54) is 0 Å². The largest absolute Gasteiger partial charge is 0.508 e. The van der Waals surface area contributed by atoms with Crippen molar-refractivity contribution in [3.05, 3.63) is 59.5 Å². The number of phenolic OH excluding ortho intramolecular Hbond substituents is 1. The highest BCUT2D eigenvalue weighted by molar-refractivity contribution is 5.40. The van der Waals surface area contributed by atoms with Gasteiger partial charge in [0.1, 0.15) is 5.75 Å². The second-order valence-corrected chi connectivity index (χ2v) is 4.38. The predicted molar refractivity (Wildman–Crippen MR) is 71.8 cm³/mol. The molecule has 2 heterocycles. The first-order valence-electron chi connectivity index (χ1n) is 6.07. The van der Waals surface area contributed by atoms with Gasteiger partial charge in [-0.3, -0.25) is 0 Å². The van der Waals surface area contributed by atoms with Crippen LogP contribution < -0.4 is 5.73 Å². The van der Waals surface area contributed by atoms with Crippen molar-refractivity contribution in [1.29, 1.82) is 0 Å². The summed E-state index contributed by atoms with van der Waals surface area (Å²) in [6, 6.07) is 11.0. The summed E-state index contributed by atoms with van der Waals surface area (Å²) >= 11 is 0. The minimum absolute atomic E-state index is 0.268. The molecule has 96 valence electrons. The molecule has 19 heavy (non-hydrogen) atoms. The van der Waals surface area contributed by atoms with Crippen LogP contribution in [0.4, 0.5) is 0 Å². The molecule has 3 rings (SSSR count). The molecule has 3 aromatic rings. The van der Waals surface area contributed by atoms with Gasteiger partial charge in [-0.2, -0.15) is 5.10 Å². The van der Waals surface area contributed by atoms with Gasteiger partial charge < -0.3 is 10.8 Å². The van der Waals surface area contributed by atoms with Gasteiger partial charge in [-0.05, 0) is 17.7 Å². The van der Waals surface area contributed by atoms with Crippen LogP contribution in [0.3, 0.4) is 0 Å². The van der Waals surface area contributed by atoms with Crippen LogP contribution in [-0.4, -0.2) is 19.7 Å². The molecular weight excluding hydrogens is 240 g/mol. The molecule has 0 unspecified atom stereocenters. The third-order valence-electron chi connectivity index (χ3n) is 3.01. The van der Waals surface area contributed by atoms with Crippen LogP contribution in [-0.2, 0) is 13.0 Å². The van der Waals surface area contributed by atoms with Crippen LogP contribution in [0.1, 0.15) is 17.0 Å². The molecule has 0 aliphatic heterocycles. The molecule has 5 nitrogen and oxygen atoms in total. The standard InChI is InChI=1S/C14H14N4O/c15-8-10-5-6-14-16-13(17-18(14)9-10)7-11-3-1-2-4-12(11)19/h1-6,9,19H,7-8,15H2. The van der Waals surface area contributed by atoms with E-state index in [9.17, 15) is 5.11 Å². The zero-order chi connectivity index (χ0) is 13.2. The van der Waals surface area contributed by atoms with E-state index in [-0.39, 0.29) is 5.75 Å². The quantitative estimate of drug-likeness (QED) is 0.742. The molecule has 0 saturated carbocycles. The van der Waals surface area contributed by atoms with Crippen LogP contribution in [0.5, 0.6) is 5.75 Å². The number of rotatable bonds is 3. The van der Waals surface area contributed by atoms with E-state index in [1.807, 2.05) is 30.5 Å². The van der Waals surface area contributed by atoms with Crippen LogP contribution in [0.25, 0.3) is 5.65 Å². The molecule has 0 spiro atoms. The number of aromatic nitrogens is 3. The van der Waals surface area contributed by atoms with Gasteiger partial charge in [0.25, 0.3) is 0 Å². The Morgan fingerprint density at radius 1 is 1.16 bits per heavy atom. The van der Waals surface area contributed by atoms with Gasteiger partial charge in [0, 0.05) is 24.7 Å². The minimum atomic E-state index is 0.268. The maximum Gasteiger partial charge on any atom is 0.156 e. The van der Waals surface area contributed by atoms with E-state index in [2.05, 4.69) is 10.1 Å². The Morgan fingerprint density at radius 2 is 2.00 bits per heavy atom. The number of aromatic hydroxyl groups is 1. The Kier molecular flexibility index (Phi) is 2.89. The second kappa shape index (κ2) is 4.70. The van der Waals surface area contributed by atoms with E-state index >= 15 is 0 Å². The average Bonchev–Trinajstić information content (AvgIpc) is 2.82. The van der Waals surface area contributed by atoms with Crippen LogP contribution >= 0.6 is 0 Å². The highest BCUT2D eigenvalue weighted by Gasteiger charge is 2.07. The SMILES string of the molecule is NCc1ccc2nc(Cc3ccccc3O)nn2c1. The molecule has 0 radical (unpaired) electrons. The van der Waals surface area contributed by atoms with Gasteiger partial charge >= 0.3 is 0 Å². The van der Waals surface area contributed by atoms with Crippen molar-refractivity contribution in [2.45, 2.75) is 13.0 Å². The van der Waals surface area contributed by atoms with E-state index in [4.69, 9.17) is 5.73 Å². The monoisotopic (exact) mass is 254 g/mol. The Morgan fingerprint density at radius 3 is 2.79 bits per heavy atom. The van der Waals surface area contributed by atoms with Gasteiger partial charge in [0.2, 0.25) is 0 Å². The number of nitrogens with zero attached hydrogens (tertiary/aromatic N) is 3. The Bertz CT molecular complexity index is 720. The molecule has 2 aromatic heterocycles. The summed E-state index contributed by atoms with van der Waals surface area (Å²) in [6.45, 7) is 0.477. The molecule has 0 fully saturated rings. The lowest BCUT2D eigenvalue weighted by atomic mass is 10.1.